The van der Waals surface area contributed by atoms with Crippen LogP contribution >= 0.6 is 0 Å². The fraction of sp³-hybridized carbons (Fsp3) is 0.278. The minimum Gasteiger partial charge on any atom is -0.508 e. The van der Waals surface area contributed by atoms with Crippen LogP contribution in [-0.4, -0.2) is 21.2 Å². The van der Waals surface area contributed by atoms with Crippen LogP contribution in [0.4, 0.5) is 0 Å². The van der Waals surface area contributed by atoms with Crippen LogP contribution in [0.15, 0.2) is 60.7 Å². The fourth-order valence-corrected chi connectivity index (χ4v) is 2.31. The molecule has 0 aliphatic rings. The lowest BCUT2D eigenvalue weighted by Gasteiger charge is -2.05. The van der Waals surface area contributed by atoms with Crippen molar-refractivity contribution in [2.75, 3.05) is 6.54 Å². The SMILES string of the molecule is C=C/C(O)=C\C=C(/C)Cn1cnc2cc(CCCN)ccc21. The average molecular weight is 297 g/mol. The minimum atomic E-state index is 0.166. The summed E-state index contributed by atoms with van der Waals surface area (Å²) >= 11 is 0. The van der Waals surface area contributed by atoms with Gasteiger partial charge in [0.2, 0.25) is 0 Å². The number of nitrogens with two attached hydrogens (primary N) is 1. The van der Waals surface area contributed by atoms with Crippen LogP contribution in [0.3, 0.4) is 0 Å². The summed E-state index contributed by atoms with van der Waals surface area (Å²) in [5.41, 5.74) is 10.1. The molecule has 1 aromatic carbocycles. The highest BCUT2D eigenvalue weighted by molar-refractivity contribution is 5.76. The summed E-state index contributed by atoms with van der Waals surface area (Å²) in [6.07, 6.45) is 8.78. The van der Waals surface area contributed by atoms with Crippen LogP contribution in [0, 0.1) is 0 Å². The Labute approximate surface area is 131 Å². The number of aliphatic hydroxyl groups is 1. The number of aromatic nitrogens is 2. The maximum atomic E-state index is 9.38. The van der Waals surface area contributed by atoms with Crippen LogP contribution in [0.2, 0.25) is 0 Å². The summed E-state index contributed by atoms with van der Waals surface area (Å²) in [4.78, 5) is 4.48. The molecule has 0 spiro atoms. The molecule has 0 amide bonds. The van der Waals surface area contributed by atoms with Gasteiger partial charge in [0.1, 0.15) is 5.76 Å². The first-order valence-corrected chi connectivity index (χ1v) is 7.46. The molecule has 0 atom stereocenters. The largest absolute Gasteiger partial charge is 0.508 e. The molecule has 2 rings (SSSR count). The molecule has 0 unspecified atom stereocenters. The monoisotopic (exact) mass is 297 g/mol. The molecule has 3 N–H and O–H groups in total. The molecule has 4 heteroatoms. The lowest BCUT2D eigenvalue weighted by molar-refractivity contribution is 0.433. The third-order valence-corrected chi connectivity index (χ3v) is 3.52. The van der Waals surface area contributed by atoms with Crippen LogP contribution in [-0.2, 0) is 13.0 Å². The Kier molecular flexibility index (Phi) is 5.55. The third kappa shape index (κ3) is 4.09. The number of aliphatic hydroxyl groups excluding tert-OH is 1. The van der Waals surface area contributed by atoms with Gasteiger partial charge in [-0.05, 0) is 56.2 Å². The number of rotatable bonds is 7. The van der Waals surface area contributed by atoms with Gasteiger partial charge < -0.3 is 15.4 Å². The molecule has 2 aromatic rings. The van der Waals surface area contributed by atoms with Crippen LogP contribution in [0.5, 0.6) is 0 Å². The number of hydrogen-bond donors (Lipinski definition) is 2. The quantitative estimate of drug-likeness (QED) is 0.607. The zero-order valence-corrected chi connectivity index (χ0v) is 13.0. The lowest BCUT2D eigenvalue weighted by Crippen LogP contribution is -2.00. The number of imidazole rings is 1. The minimum absolute atomic E-state index is 0.166. The Balaban J connectivity index is 2.17. The van der Waals surface area contributed by atoms with Gasteiger partial charge in [0.25, 0.3) is 0 Å². The van der Waals surface area contributed by atoms with Gasteiger partial charge in [-0.1, -0.05) is 24.3 Å². The second-order valence-corrected chi connectivity index (χ2v) is 5.40. The number of benzene rings is 1. The molecule has 0 radical (unpaired) electrons. The molecule has 0 saturated heterocycles. The van der Waals surface area contributed by atoms with Gasteiger partial charge >= 0.3 is 0 Å². The molecular formula is C18H23N3O. The van der Waals surface area contributed by atoms with E-state index in [9.17, 15) is 5.11 Å². The first kappa shape index (κ1) is 16.0. The molecule has 116 valence electrons. The third-order valence-electron chi connectivity index (χ3n) is 3.52. The topological polar surface area (TPSA) is 64.1 Å². The molecule has 0 bridgehead atoms. The van der Waals surface area contributed by atoms with E-state index < -0.39 is 0 Å². The molecule has 4 nitrogen and oxygen atoms in total. The van der Waals surface area contributed by atoms with Crippen molar-refractivity contribution in [3.63, 3.8) is 0 Å². The zero-order chi connectivity index (χ0) is 15.9. The molecule has 0 aliphatic heterocycles. The van der Waals surface area contributed by atoms with Crippen molar-refractivity contribution in [1.29, 1.82) is 0 Å². The van der Waals surface area contributed by atoms with Crippen molar-refractivity contribution in [1.82, 2.24) is 9.55 Å². The number of allylic oxidation sites excluding steroid dienone is 4. The van der Waals surface area contributed by atoms with E-state index in [4.69, 9.17) is 5.73 Å². The second kappa shape index (κ2) is 7.61. The highest BCUT2D eigenvalue weighted by Gasteiger charge is 2.04. The number of hydrogen-bond acceptors (Lipinski definition) is 3. The van der Waals surface area contributed by atoms with Crippen LogP contribution < -0.4 is 5.73 Å². The van der Waals surface area contributed by atoms with Crippen molar-refractivity contribution >= 4 is 11.0 Å². The van der Waals surface area contributed by atoms with E-state index in [1.165, 1.54) is 11.6 Å². The molecule has 1 aromatic heterocycles. The van der Waals surface area contributed by atoms with Gasteiger partial charge in [-0.15, -0.1) is 0 Å². The molecular weight excluding hydrogens is 274 g/mol. The van der Waals surface area contributed by atoms with Gasteiger partial charge in [0.15, 0.2) is 0 Å². The second-order valence-electron chi connectivity index (χ2n) is 5.40. The van der Waals surface area contributed by atoms with Crippen LogP contribution in [0.1, 0.15) is 18.9 Å². The average Bonchev–Trinajstić information content (AvgIpc) is 2.92. The first-order valence-electron chi connectivity index (χ1n) is 7.46. The summed E-state index contributed by atoms with van der Waals surface area (Å²) in [5, 5.41) is 9.38. The number of nitrogens with zero attached hydrogens (tertiary/aromatic N) is 2. The molecule has 0 saturated carbocycles. The predicted molar refractivity (Wildman–Crippen MR) is 91.8 cm³/mol. The molecule has 1 heterocycles. The smallest absolute Gasteiger partial charge is 0.114 e. The lowest BCUT2D eigenvalue weighted by atomic mass is 10.1. The normalized spacial score (nSPS) is 12.8. The first-order chi connectivity index (χ1) is 10.6. The standard InChI is InChI=1S/C18H23N3O/c1-3-16(22)8-6-14(2)12-21-13-20-17-11-15(5-4-10-19)7-9-18(17)21/h3,6-9,11,13,22H,1,4-5,10,12,19H2,2H3/b14-6+,16-8+. The summed E-state index contributed by atoms with van der Waals surface area (Å²) in [6.45, 7) is 6.98. The summed E-state index contributed by atoms with van der Waals surface area (Å²) in [7, 11) is 0. The van der Waals surface area contributed by atoms with E-state index in [0.717, 1.165) is 36.0 Å². The predicted octanol–water partition coefficient (Wildman–Crippen LogP) is 3.50. The molecule has 0 aliphatic carbocycles. The Morgan fingerprint density at radius 3 is 2.95 bits per heavy atom. The van der Waals surface area contributed by atoms with Gasteiger partial charge in [-0.2, -0.15) is 0 Å². The van der Waals surface area contributed by atoms with Crippen molar-refractivity contribution in [3.8, 4) is 0 Å². The summed E-state index contributed by atoms with van der Waals surface area (Å²) in [6, 6.07) is 6.38. The Bertz CT molecular complexity index is 710. The van der Waals surface area contributed by atoms with Crippen molar-refractivity contribution < 1.29 is 5.11 Å². The maximum absolute atomic E-state index is 9.38. The highest BCUT2D eigenvalue weighted by Crippen LogP contribution is 2.17. The van der Waals surface area contributed by atoms with E-state index >= 15 is 0 Å². The maximum Gasteiger partial charge on any atom is 0.114 e. The molecule has 22 heavy (non-hydrogen) atoms. The Morgan fingerprint density at radius 2 is 2.23 bits per heavy atom. The van der Waals surface area contributed by atoms with E-state index in [0.29, 0.717) is 6.54 Å². The van der Waals surface area contributed by atoms with Gasteiger partial charge in [-0.25, -0.2) is 4.98 Å². The Morgan fingerprint density at radius 1 is 1.41 bits per heavy atom. The van der Waals surface area contributed by atoms with Crippen molar-refractivity contribution in [2.24, 2.45) is 5.73 Å². The number of aryl methyl sites for hydroxylation is 1. The molecule has 0 fully saturated rings. The Hall–Kier alpha value is -2.33. The van der Waals surface area contributed by atoms with E-state index in [1.54, 1.807) is 6.08 Å². The zero-order valence-electron chi connectivity index (χ0n) is 13.0. The van der Waals surface area contributed by atoms with Gasteiger partial charge in [0.05, 0.1) is 17.4 Å². The van der Waals surface area contributed by atoms with Gasteiger partial charge in [-0.3, -0.25) is 0 Å². The van der Waals surface area contributed by atoms with E-state index in [1.807, 2.05) is 19.3 Å². The van der Waals surface area contributed by atoms with Crippen LogP contribution in [0.25, 0.3) is 11.0 Å². The van der Waals surface area contributed by atoms with E-state index in [-0.39, 0.29) is 5.76 Å². The van der Waals surface area contributed by atoms with Crippen molar-refractivity contribution in [2.45, 2.75) is 26.3 Å². The van der Waals surface area contributed by atoms with E-state index in [2.05, 4.69) is 34.3 Å². The summed E-state index contributed by atoms with van der Waals surface area (Å²) in [5.74, 6) is 0.166. The van der Waals surface area contributed by atoms with Crippen molar-refractivity contribution in [3.05, 3.63) is 66.2 Å². The number of fused-ring (bicyclic) bond motifs is 1. The fourth-order valence-electron chi connectivity index (χ4n) is 2.31. The summed E-state index contributed by atoms with van der Waals surface area (Å²) < 4.78 is 2.10. The highest BCUT2D eigenvalue weighted by atomic mass is 16.3. The van der Waals surface area contributed by atoms with Gasteiger partial charge in [0, 0.05) is 6.54 Å².